The largest absolute Gasteiger partial charge is 0.507 e. The van der Waals surface area contributed by atoms with E-state index in [9.17, 15) is 9.90 Å². The van der Waals surface area contributed by atoms with E-state index in [-0.39, 0.29) is 11.5 Å². The van der Waals surface area contributed by atoms with E-state index in [0.29, 0.717) is 29.2 Å². The number of ketones is 1. The maximum Gasteiger partial charge on any atom is 0.231 e. The molecule has 1 aliphatic heterocycles. The van der Waals surface area contributed by atoms with Gasteiger partial charge >= 0.3 is 0 Å². The molecule has 0 bridgehead atoms. The van der Waals surface area contributed by atoms with Crippen LogP contribution in [0.3, 0.4) is 0 Å². The van der Waals surface area contributed by atoms with Crippen molar-refractivity contribution in [1.82, 2.24) is 0 Å². The molecule has 0 amide bonds. The van der Waals surface area contributed by atoms with Crippen LogP contribution in [0.15, 0.2) is 42.2 Å². The van der Waals surface area contributed by atoms with Gasteiger partial charge in [0.25, 0.3) is 0 Å². The van der Waals surface area contributed by atoms with Gasteiger partial charge in [-0.25, -0.2) is 0 Å². The van der Waals surface area contributed by atoms with E-state index < -0.39 is 0 Å². The lowest BCUT2D eigenvalue weighted by Crippen LogP contribution is -3.04. The first kappa shape index (κ1) is 15.3. The zero-order valence-corrected chi connectivity index (χ0v) is 13.5. The summed E-state index contributed by atoms with van der Waals surface area (Å²) in [6.45, 7) is 2.60. The molecule has 0 aliphatic carbocycles. The number of aromatic hydroxyl groups is 1. The summed E-state index contributed by atoms with van der Waals surface area (Å²) >= 11 is 0. The van der Waals surface area contributed by atoms with Gasteiger partial charge in [-0.15, -0.1) is 0 Å². The minimum atomic E-state index is -0.143. The summed E-state index contributed by atoms with van der Waals surface area (Å²) in [6, 6.07) is 11.1. The van der Waals surface area contributed by atoms with E-state index in [1.807, 2.05) is 45.3 Å². The molecular formula is C19H20NO3+. The van der Waals surface area contributed by atoms with Crippen LogP contribution in [-0.2, 0) is 6.54 Å². The number of carbonyl (C=O) groups excluding carboxylic acids is 1. The second-order valence-electron chi connectivity index (χ2n) is 6.17. The van der Waals surface area contributed by atoms with Crippen LogP contribution in [0, 0.1) is 6.92 Å². The fourth-order valence-electron chi connectivity index (χ4n) is 2.64. The number of aryl methyl sites for hydroxylation is 1. The molecule has 0 aromatic heterocycles. The maximum atomic E-state index is 12.5. The molecule has 1 aliphatic rings. The van der Waals surface area contributed by atoms with Gasteiger partial charge in [-0.1, -0.05) is 29.8 Å². The number of phenolic OH excluding ortho intramolecular Hbond substituents is 1. The van der Waals surface area contributed by atoms with Gasteiger partial charge in [-0.2, -0.15) is 0 Å². The highest BCUT2D eigenvalue weighted by Crippen LogP contribution is 2.39. The van der Waals surface area contributed by atoms with Gasteiger partial charge in [0.05, 0.1) is 25.2 Å². The second-order valence-corrected chi connectivity index (χ2v) is 6.17. The number of nitrogens with one attached hydrogen (secondary N) is 1. The van der Waals surface area contributed by atoms with Gasteiger partial charge in [-0.3, -0.25) is 4.79 Å². The number of fused-ring (bicyclic) bond motifs is 1. The van der Waals surface area contributed by atoms with Crippen molar-refractivity contribution < 1.29 is 19.5 Å². The molecule has 0 spiro atoms. The minimum Gasteiger partial charge on any atom is -0.507 e. The summed E-state index contributed by atoms with van der Waals surface area (Å²) in [5.74, 6) is 0.795. The van der Waals surface area contributed by atoms with E-state index in [1.165, 1.54) is 0 Å². The van der Waals surface area contributed by atoms with Crippen LogP contribution in [0.25, 0.3) is 6.08 Å². The van der Waals surface area contributed by atoms with Gasteiger partial charge in [0.2, 0.25) is 5.78 Å². The Balaban J connectivity index is 2.00. The van der Waals surface area contributed by atoms with Crippen molar-refractivity contribution in [2.24, 2.45) is 0 Å². The Bertz CT molecular complexity index is 789. The first-order valence-corrected chi connectivity index (χ1v) is 7.60. The Hall–Kier alpha value is -2.59. The van der Waals surface area contributed by atoms with Crippen LogP contribution in [0.5, 0.6) is 11.5 Å². The van der Waals surface area contributed by atoms with Gasteiger partial charge < -0.3 is 14.7 Å². The molecule has 1 heterocycles. The average molecular weight is 310 g/mol. The highest BCUT2D eigenvalue weighted by Gasteiger charge is 2.31. The molecule has 2 N–H and O–H groups in total. The Morgan fingerprint density at radius 1 is 1.13 bits per heavy atom. The SMILES string of the molecule is Cc1ccc(/C=C2\Oc3c(ccc(O)c3C[NH+](C)C)C2=O)cc1. The highest BCUT2D eigenvalue weighted by atomic mass is 16.5. The van der Waals surface area contributed by atoms with Crippen molar-refractivity contribution >= 4 is 11.9 Å². The molecule has 4 nitrogen and oxygen atoms in total. The molecule has 2 aromatic carbocycles. The quantitative estimate of drug-likeness (QED) is 0.852. The highest BCUT2D eigenvalue weighted by molar-refractivity contribution is 6.14. The van der Waals surface area contributed by atoms with Gasteiger partial charge in [0, 0.05) is 0 Å². The molecule has 0 unspecified atom stereocenters. The summed E-state index contributed by atoms with van der Waals surface area (Å²) in [5, 5.41) is 10.1. The number of rotatable bonds is 3. The number of carbonyl (C=O) groups is 1. The molecule has 0 fully saturated rings. The van der Waals surface area contributed by atoms with Gasteiger partial charge in [0.1, 0.15) is 12.3 Å². The lowest BCUT2D eigenvalue weighted by molar-refractivity contribution is -0.872. The number of phenols is 1. The number of quaternary nitrogens is 1. The first-order valence-electron chi connectivity index (χ1n) is 7.60. The standard InChI is InChI=1S/C19H19NO3/c1-12-4-6-13(7-5-12)10-17-18(22)14-8-9-16(21)15(11-20(2)3)19(14)23-17/h4-10,21H,11H2,1-3H3/p+1/b17-10-. The van der Waals surface area contributed by atoms with Crippen LogP contribution in [0.1, 0.15) is 27.0 Å². The van der Waals surface area contributed by atoms with Crippen molar-refractivity contribution in [2.45, 2.75) is 13.5 Å². The topological polar surface area (TPSA) is 51.0 Å². The zero-order chi connectivity index (χ0) is 16.6. The van der Waals surface area contributed by atoms with Crippen molar-refractivity contribution in [1.29, 1.82) is 0 Å². The average Bonchev–Trinajstić information content (AvgIpc) is 2.81. The third-order valence-electron chi connectivity index (χ3n) is 3.82. The summed E-state index contributed by atoms with van der Waals surface area (Å²) in [4.78, 5) is 13.7. The predicted molar refractivity (Wildman–Crippen MR) is 88.7 cm³/mol. The summed E-state index contributed by atoms with van der Waals surface area (Å²) in [5.41, 5.74) is 3.26. The summed E-state index contributed by atoms with van der Waals surface area (Å²) in [6.07, 6.45) is 1.74. The van der Waals surface area contributed by atoms with Crippen molar-refractivity contribution in [3.05, 3.63) is 64.4 Å². The van der Waals surface area contributed by atoms with Crippen LogP contribution in [0.2, 0.25) is 0 Å². The van der Waals surface area contributed by atoms with E-state index in [2.05, 4.69) is 0 Å². The summed E-state index contributed by atoms with van der Waals surface area (Å²) in [7, 11) is 3.97. The molecular weight excluding hydrogens is 290 g/mol. The first-order chi connectivity index (χ1) is 11.0. The smallest absolute Gasteiger partial charge is 0.231 e. The van der Waals surface area contributed by atoms with E-state index >= 15 is 0 Å². The number of Topliss-reactive ketones (excluding diaryl/α,β-unsaturated/α-hetero) is 1. The van der Waals surface area contributed by atoms with Crippen LogP contribution in [0.4, 0.5) is 0 Å². The lowest BCUT2D eigenvalue weighted by Gasteiger charge is -2.12. The number of hydrogen-bond donors (Lipinski definition) is 2. The van der Waals surface area contributed by atoms with Gasteiger partial charge in [-0.05, 0) is 30.7 Å². The molecule has 4 heteroatoms. The van der Waals surface area contributed by atoms with Crippen molar-refractivity contribution in [3.63, 3.8) is 0 Å². The molecule has 3 rings (SSSR count). The zero-order valence-electron chi connectivity index (χ0n) is 13.5. The third kappa shape index (κ3) is 2.98. The Morgan fingerprint density at radius 3 is 2.48 bits per heavy atom. The Kier molecular flexibility index (Phi) is 3.92. The normalized spacial score (nSPS) is 15.1. The predicted octanol–water partition coefficient (Wildman–Crippen LogP) is 1.96. The van der Waals surface area contributed by atoms with Crippen LogP contribution < -0.4 is 9.64 Å². The number of allylic oxidation sites excluding steroid dienone is 1. The molecule has 2 aromatic rings. The van der Waals surface area contributed by atoms with Crippen molar-refractivity contribution in [2.75, 3.05) is 14.1 Å². The number of benzene rings is 2. The van der Waals surface area contributed by atoms with Gasteiger partial charge in [0.15, 0.2) is 11.5 Å². The molecule has 118 valence electrons. The molecule has 0 saturated carbocycles. The van der Waals surface area contributed by atoms with E-state index in [1.54, 1.807) is 18.2 Å². The maximum absolute atomic E-state index is 12.5. The molecule has 23 heavy (non-hydrogen) atoms. The lowest BCUT2D eigenvalue weighted by atomic mass is 10.0. The Labute approximate surface area is 135 Å². The van der Waals surface area contributed by atoms with Crippen LogP contribution in [-0.4, -0.2) is 25.0 Å². The minimum absolute atomic E-state index is 0.143. The summed E-state index contributed by atoms with van der Waals surface area (Å²) < 4.78 is 5.80. The molecule has 0 atom stereocenters. The van der Waals surface area contributed by atoms with E-state index in [4.69, 9.17) is 4.74 Å². The third-order valence-corrected chi connectivity index (χ3v) is 3.82. The fourth-order valence-corrected chi connectivity index (χ4v) is 2.64. The second kappa shape index (κ2) is 5.89. The van der Waals surface area contributed by atoms with E-state index in [0.717, 1.165) is 16.0 Å². The molecule has 0 radical (unpaired) electrons. The van der Waals surface area contributed by atoms with Crippen molar-refractivity contribution in [3.8, 4) is 11.5 Å². The number of ether oxygens (including phenoxy) is 1. The monoisotopic (exact) mass is 310 g/mol. The number of hydrogen-bond acceptors (Lipinski definition) is 3. The Morgan fingerprint density at radius 2 is 1.83 bits per heavy atom. The van der Waals surface area contributed by atoms with Crippen LogP contribution >= 0.6 is 0 Å². The molecule has 0 saturated heterocycles. The fraction of sp³-hybridized carbons (Fsp3) is 0.211.